The summed E-state index contributed by atoms with van der Waals surface area (Å²) in [6, 6.07) is 7.06. The summed E-state index contributed by atoms with van der Waals surface area (Å²) in [6.45, 7) is 1.42. The third-order valence-corrected chi connectivity index (χ3v) is 5.87. The van der Waals surface area contributed by atoms with E-state index in [1.54, 1.807) is 18.3 Å². The van der Waals surface area contributed by atoms with Crippen molar-refractivity contribution in [3.8, 4) is 0 Å². The van der Waals surface area contributed by atoms with Crippen LogP contribution in [0, 0.1) is 6.92 Å². The van der Waals surface area contributed by atoms with Gasteiger partial charge in [0.15, 0.2) is 0 Å². The average molecular weight is 412 g/mol. The van der Waals surface area contributed by atoms with Crippen LogP contribution < -0.4 is 5.32 Å². The molecule has 8 nitrogen and oxygen atoms in total. The summed E-state index contributed by atoms with van der Waals surface area (Å²) in [5.41, 5.74) is 1.05. The van der Waals surface area contributed by atoms with E-state index < -0.39 is 28.4 Å². The van der Waals surface area contributed by atoms with Gasteiger partial charge in [-0.15, -0.1) is 0 Å². The number of carbonyl (C=O) groups is 2. The normalized spacial score (nSPS) is 11.3. The molecule has 0 aliphatic heterocycles. The molecule has 0 spiro atoms. The maximum absolute atomic E-state index is 12.7. The summed E-state index contributed by atoms with van der Waals surface area (Å²) < 4.78 is 30.8. The molecule has 0 fully saturated rings. The molecule has 2 aromatic rings. The van der Waals surface area contributed by atoms with Gasteiger partial charge in [-0.2, -0.15) is 4.31 Å². The SMILES string of the molecule is COC(=O)c1ccc(S(=O)(=O)N(C)CC(=O)Nc2ccc(C)cn2)c(Cl)c1. The van der Waals surface area contributed by atoms with Gasteiger partial charge in [0.1, 0.15) is 10.7 Å². The number of aromatic nitrogens is 1. The lowest BCUT2D eigenvalue weighted by Crippen LogP contribution is -2.35. The topological polar surface area (TPSA) is 106 Å². The summed E-state index contributed by atoms with van der Waals surface area (Å²) >= 11 is 6.02. The zero-order chi connectivity index (χ0) is 20.2. The van der Waals surface area contributed by atoms with Gasteiger partial charge in [0.2, 0.25) is 15.9 Å². The number of aryl methyl sites for hydroxylation is 1. The second-order valence-electron chi connectivity index (χ2n) is 5.67. The van der Waals surface area contributed by atoms with Crippen LogP contribution in [0.2, 0.25) is 5.02 Å². The number of halogens is 1. The molecule has 0 saturated carbocycles. The molecule has 1 aromatic heterocycles. The van der Waals surface area contributed by atoms with Gasteiger partial charge in [0, 0.05) is 13.2 Å². The smallest absolute Gasteiger partial charge is 0.337 e. The molecule has 0 aliphatic carbocycles. The van der Waals surface area contributed by atoms with Crippen LogP contribution in [-0.4, -0.2) is 50.3 Å². The number of hydrogen-bond donors (Lipinski definition) is 1. The maximum Gasteiger partial charge on any atom is 0.337 e. The van der Waals surface area contributed by atoms with Crippen molar-refractivity contribution in [2.75, 3.05) is 26.0 Å². The van der Waals surface area contributed by atoms with Gasteiger partial charge in [-0.1, -0.05) is 17.7 Å². The van der Waals surface area contributed by atoms with Crippen molar-refractivity contribution in [2.45, 2.75) is 11.8 Å². The van der Waals surface area contributed by atoms with Crippen LogP contribution >= 0.6 is 11.6 Å². The highest BCUT2D eigenvalue weighted by Gasteiger charge is 2.26. The Hall–Kier alpha value is -2.49. The first-order valence-corrected chi connectivity index (χ1v) is 9.53. The number of rotatable bonds is 6. The first-order chi connectivity index (χ1) is 12.6. The van der Waals surface area contributed by atoms with Crippen LogP contribution in [0.1, 0.15) is 15.9 Å². The minimum absolute atomic E-state index is 0.118. The molecule has 0 saturated heterocycles. The second-order valence-corrected chi connectivity index (χ2v) is 8.09. The molecule has 1 aromatic carbocycles. The van der Waals surface area contributed by atoms with Crippen molar-refractivity contribution in [3.05, 3.63) is 52.7 Å². The van der Waals surface area contributed by atoms with E-state index in [0.717, 1.165) is 9.87 Å². The fraction of sp³-hybridized carbons (Fsp3) is 0.235. The van der Waals surface area contributed by atoms with Crippen LogP contribution in [0.5, 0.6) is 0 Å². The number of pyridine rings is 1. The number of benzene rings is 1. The summed E-state index contributed by atoms with van der Waals surface area (Å²) in [4.78, 5) is 27.4. The molecule has 0 radical (unpaired) electrons. The third kappa shape index (κ3) is 5.03. The van der Waals surface area contributed by atoms with E-state index in [0.29, 0.717) is 5.82 Å². The minimum Gasteiger partial charge on any atom is -0.465 e. The zero-order valence-electron chi connectivity index (χ0n) is 14.9. The van der Waals surface area contributed by atoms with Crippen molar-refractivity contribution >= 4 is 39.3 Å². The molecule has 10 heteroatoms. The fourth-order valence-electron chi connectivity index (χ4n) is 2.13. The molecule has 144 valence electrons. The Labute approximate surface area is 162 Å². The van der Waals surface area contributed by atoms with E-state index in [4.69, 9.17) is 11.6 Å². The Morgan fingerprint density at radius 1 is 1.26 bits per heavy atom. The van der Waals surface area contributed by atoms with Gasteiger partial charge in [-0.05, 0) is 36.8 Å². The molecule has 2 rings (SSSR count). The average Bonchev–Trinajstić information content (AvgIpc) is 2.62. The lowest BCUT2D eigenvalue weighted by atomic mass is 10.2. The predicted octanol–water partition coefficient (Wildman–Crippen LogP) is 2.09. The van der Waals surface area contributed by atoms with E-state index in [9.17, 15) is 18.0 Å². The first kappa shape index (κ1) is 20.8. The van der Waals surface area contributed by atoms with E-state index >= 15 is 0 Å². The van der Waals surface area contributed by atoms with Crippen LogP contribution in [0.4, 0.5) is 5.82 Å². The Morgan fingerprint density at radius 2 is 1.96 bits per heavy atom. The summed E-state index contributed by atoms with van der Waals surface area (Å²) in [6.07, 6.45) is 1.58. The molecule has 1 N–H and O–H groups in total. The highest BCUT2D eigenvalue weighted by molar-refractivity contribution is 7.89. The molecule has 1 amide bonds. The molecule has 0 aliphatic rings. The van der Waals surface area contributed by atoms with Crippen molar-refractivity contribution in [1.29, 1.82) is 0 Å². The quantitative estimate of drug-likeness (QED) is 0.729. The van der Waals surface area contributed by atoms with E-state index in [-0.39, 0.29) is 15.5 Å². The standard InChI is InChI=1S/C17H18ClN3O5S/c1-11-4-7-15(19-9-11)20-16(22)10-21(2)27(24,25)14-6-5-12(8-13(14)18)17(23)26-3/h4-9H,10H2,1-3H3,(H,19,20,22). The number of methoxy groups -OCH3 is 1. The fourth-order valence-corrected chi connectivity index (χ4v) is 3.78. The van der Waals surface area contributed by atoms with E-state index in [2.05, 4.69) is 15.0 Å². The molecule has 0 atom stereocenters. The largest absolute Gasteiger partial charge is 0.465 e. The predicted molar refractivity (Wildman–Crippen MR) is 100 cm³/mol. The van der Waals surface area contributed by atoms with Gasteiger partial charge in [-0.25, -0.2) is 18.2 Å². The van der Waals surface area contributed by atoms with Crippen LogP contribution in [0.25, 0.3) is 0 Å². The molecule has 0 bridgehead atoms. The number of carbonyl (C=O) groups excluding carboxylic acids is 2. The van der Waals surface area contributed by atoms with Crippen LogP contribution in [-0.2, 0) is 19.6 Å². The molecular formula is C17H18ClN3O5S. The lowest BCUT2D eigenvalue weighted by Gasteiger charge is -2.18. The number of hydrogen-bond acceptors (Lipinski definition) is 6. The number of likely N-dealkylation sites (N-methyl/N-ethyl adjacent to an activating group) is 1. The Bertz CT molecular complexity index is 961. The van der Waals surface area contributed by atoms with Crippen molar-refractivity contribution in [1.82, 2.24) is 9.29 Å². The van der Waals surface area contributed by atoms with Gasteiger partial charge >= 0.3 is 5.97 Å². The lowest BCUT2D eigenvalue weighted by molar-refractivity contribution is -0.116. The summed E-state index contributed by atoms with van der Waals surface area (Å²) in [5, 5.41) is 2.37. The minimum atomic E-state index is -4.04. The number of sulfonamides is 1. The molecular weight excluding hydrogens is 394 g/mol. The number of nitrogens with zero attached hydrogens (tertiary/aromatic N) is 2. The molecule has 0 unspecified atom stereocenters. The van der Waals surface area contributed by atoms with Crippen molar-refractivity contribution < 1.29 is 22.7 Å². The maximum atomic E-state index is 12.7. The van der Waals surface area contributed by atoms with Gasteiger partial charge < -0.3 is 10.1 Å². The van der Waals surface area contributed by atoms with Crippen molar-refractivity contribution in [3.63, 3.8) is 0 Å². The molecule has 1 heterocycles. The number of nitrogens with one attached hydrogen (secondary N) is 1. The van der Waals surface area contributed by atoms with Crippen LogP contribution in [0.3, 0.4) is 0 Å². The zero-order valence-corrected chi connectivity index (χ0v) is 16.5. The monoisotopic (exact) mass is 411 g/mol. The highest BCUT2D eigenvalue weighted by atomic mass is 35.5. The van der Waals surface area contributed by atoms with Crippen molar-refractivity contribution in [2.24, 2.45) is 0 Å². The number of anilines is 1. The Kier molecular flexibility index (Phi) is 6.53. The Morgan fingerprint density at radius 3 is 2.52 bits per heavy atom. The van der Waals surface area contributed by atoms with Gasteiger partial charge in [0.25, 0.3) is 0 Å². The van der Waals surface area contributed by atoms with E-state index in [1.165, 1.54) is 32.4 Å². The van der Waals surface area contributed by atoms with Gasteiger partial charge in [-0.3, -0.25) is 4.79 Å². The number of amides is 1. The second kappa shape index (κ2) is 8.47. The van der Waals surface area contributed by atoms with Gasteiger partial charge in [0.05, 0.1) is 24.2 Å². The Balaban J connectivity index is 2.14. The highest BCUT2D eigenvalue weighted by Crippen LogP contribution is 2.25. The van der Waals surface area contributed by atoms with Crippen LogP contribution in [0.15, 0.2) is 41.4 Å². The first-order valence-electron chi connectivity index (χ1n) is 7.72. The number of ether oxygens (including phenoxy) is 1. The third-order valence-electron chi connectivity index (χ3n) is 3.59. The summed E-state index contributed by atoms with van der Waals surface area (Å²) in [5.74, 6) is -0.879. The molecule has 27 heavy (non-hydrogen) atoms. The van der Waals surface area contributed by atoms with E-state index in [1.807, 2.05) is 6.92 Å². The number of esters is 1. The summed E-state index contributed by atoms with van der Waals surface area (Å²) in [7, 11) is -1.59.